The fourth-order valence-corrected chi connectivity index (χ4v) is 5.31. The number of allylic oxidation sites excluding steroid dienone is 1. The van der Waals surface area contributed by atoms with Crippen LogP contribution in [-0.2, 0) is 9.53 Å². The van der Waals surface area contributed by atoms with Crippen molar-refractivity contribution < 1.29 is 19.0 Å². The number of carbonyl (C=O) groups is 1. The number of nitrogens with zero attached hydrogens (tertiary/aromatic N) is 2. The van der Waals surface area contributed by atoms with E-state index in [0.29, 0.717) is 43.7 Å². The smallest absolute Gasteiger partial charge is 0.338 e. The van der Waals surface area contributed by atoms with E-state index in [1.54, 1.807) is 50.7 Å². The van der Waals surface area contributed by atoms with Gasteiger partial charge in [-0.2, -0.15) is 0 Å². The van der Waals surface area contributed by atoms with Crippen LogP contribution in [0, 0.1) is 0 Å². The summed E-state index contributed by atoms with van der Waals surface area (Å²) in [6.45, 7) is 7.71. The number of aromatic nitrogens is 1. The number of methoxy groups -OCH3 is 1. The van der Waals surface area contributed by atoms with Crippen molar-refractivity contribution in [3.8, 4) is 11.5 Å². The third-order valence-corrected chi connectivity index (χ3v) is 6.83. The summed E-state index contributed by atoms with van der Waals surface area (Å²) < 4.78 is 18.5. The monoisotopic (exact) mass is 526 g/mol. The maximum Gasteiger partial charge on any atom is 0.338 e. The van der Waals surface area contributed by atoms with Gasteiger partial charge in [0.1, 0.15) is 11.5 Å². The number of fused-ring (bicyclic) bond motifs is 1. The first-order valence-electron chi connectivity index (χ1n) is 11.5. The van der Waals surface area contributed by atoms with E-state index in [2.05, 4.69) is 4.99 Å². The Bertz CT molecular complexity index is 1520. The van der Waals surface area contributed by atoms with Gasteiger partial charge in [0, 0.05) is 0 Å². The van der Waals surface area contributed by atoms with Crippen molar-refractivity contribution in [1.29, 1.82) is 0 Å². The first-order valence-corrected chi connectivity index (χ1v) is 12.7. The number of carbonyl (C=O) groups excluding carboxylic acids is 1. The summed E-state index contributed by atoms with van der Waals surface area (Å²) in [5, 5.41) is 0.460. The lowest BCUT2D eigenvalue weighted by atomic mass is 9.95. The highest BCUT2D eigenvalue weighted by molar-refractivity contribution is 7.07. The summed E-state index contributed by atoms with van der Waals surface area (Å²) in [5.41, 5.74) is 2.03. The third-order valence-electron chi connectivity index (χ3n) is 5.55. The lowest BCUT2D eigenvalue weighted by Crippen LogP contribution is -2.40. The average molecular weight is 527 g/mol. The molecular formula is C27H27ClN2O5S. The summed E-state index contributed by atoms with van der Waals surface area (Å²) in [4.78, 5) is 32.0. The largest absolute Gasteiger partial charge is 0.497 e. The molecule has 0 saturated carbocycles. The predicted octanol–water partition coefficient (Wildman–Crippen LogP) is 4.25. The van der Waals surface area contributed by atoms with Crippen LogP contribution in [0.4, 0.5) is 0 Å². The van der Waals surface area contributed by atoms with E-state index in [9.17, 15) is 9.59 Å². The second-order valence-corrected chi connectivity index (χ2v) is 9.85. The van der Waals surface area contributed by atoms with Crippen LogP contribution in [0.2, 0.25) is 5.02 Å². The number of rotatable bonds is 7. The van der Waals surface area contributed by atoms with Crippen molar-refractivity contribution in [2.45, 2.75) is 39.8 Å². The highest BCUT2D eigenvalue weighted by Crippen LogP contribution is 2.32. The van der Waals surface area contributed by atoms with Crippen LogP contribution in [-0.4, -0.2) is 30.4 Å². The molecule has 4 rings (SSSR count). The molecular weight excluding hydrogens is 500 g/mol. The van der Waals surface area contributed by atoms with Gasteiger partial charge in [-0.05, 0) is 69.2 Å². The Morgan fingerprint density at radius 2 is 2.03 bits per heavy atom. The summed E-state index contributed by atoms with van der Waals surface area (Å²) in [7, 11) is 1.57. The molecule has 0 radical (unpaired) electrons. The van der Waals surface area contributed by atoms with Crippen molar-refractivity contribution in [1.82, 2.24) is 4.57 Å². The fourth-order valence-electron chi connectivity index (χ4n) is 4.02. The highest BCUT2D eigenvalue weighted by atomic mass is 35.5. The van der Waals surface area contributed by atoms with E-state index >= 15 is 0 Å². The molecule has 1 aliphatic heterocycles. The van der Waals surface area contributed by atoms with Crippen molar-refractivity contribution in [3.05, 3.63) is 89.6 Å². The molecule has 2 heterocycles. The van der Waals surface area contributed by atoms with Crippen LogP contribution in [0.25, 0.3) is 6.08 Å². The molecule has 7 nitrogen and oxygen atoms in total. The van der Waals surface area contributed by atoms with E-state index in [-0.39, 0.29) is 11.7 Å². The maximum absolute atomic E-state index is 13.7. The Morgan fingerprint density at radius 3 is 2.69 bits per heavy atom. The molecule has 0 fully saturated rings. The Hall–Kier alpha value is -3.36. The van der Waals surface area contributed by atoms with Crippen LogP contribution in [0.3, 0.4) is 0 Å². The first kappa shape index (κ1) is 25.7. The van der Waals surface area contributed by atoms with Gasteiger partial charge in [0.25, 0.3) is 5.56 Å². The van der Waals surface area contributed by atoms with Gasteiger partial charge in [0.2, 0.25) is 0 Å². The van der Waals surface area contributed by atoms with Gasteiger partial charge in [-0.1, -0.05) is 41.1 Å². The second-order valence-electron chi connectivity index (χ2n) is 8.44. The van der Waals surface area contributed by atoms with Gasteiger partial charge in [-0.25, -0.2) is 9.79 Å². The molecule has 188 valence electrons. The number of ether oxygens (including phenoxy) is 3. The zero-order valence-electron chi connectivity index (χ0n) is 20.7. The zero-order chi connectivity index (χ0) is 26.0. The van der Waals surface area contributed by atoms with Crippen LogP contribution in [0.5, 0.6) is 11.5 Å². The number of hydrogen-bond donors (Lipinski definition) is 0. The topological polar surface area (TPSA) is 79.1 Å². The van der Waals surface area contributed by atoms with Crippen molar-refractivity contribution in [2.75, 3.05) is 13.7 Å². The van der Waals surface area contributed by atoms with Gasteiger partial charge in [-0.3, -0.25) is 9.36 Å². The Balaban J connectivity index is 1.91. The van der Waals surface area contributed by atoms with Gasteiger partial charge in [0.05, 0.1) is 46.7 Å². The molecule has 3 aromatic rings. The van der Waals surface area contributed by atoms with Crippen LogP contribution in [0.1, 0.15) is 44.9 Å². The molecule has 0 spiro atoms. The molecule has 1 atom stereocenters. The minimum absolute atomic E-state index is 0.265. The normalized spacial score (nSPS) is 15.5. The van der Waals surface area contributed by atoms with E-state index < -0.39 is 12.0 Å². The Kier molecular flexibility index (Phi) is 7.66. The van der Waals surface area contributed by atoms with E-state index in [1.807, 2.05) is 37.3 Å². The Labute approximate surface area is 217 Å². The molecule has 9 heteroatoms. The van der Waals surface area contributed by atoms with Crippen molar-refractivity contribution in [3.63, 3.8) is 0 Å². The SMILES string of the molecule is CCOc1ccc(/C=c2\sc3n(c2=O)[C@H](c2cccc(OC)c2)C(C(=O)OC(C)C)=C(C)N=3)cc1Cl. The number of esters is 1. The third kappa shape index (κ3) is 5.10. The van der Waals surface area contributed by atoms with Gasteiger partial charge in [-0.15, -0.1) is 0 Å². The zero-order valence-corrected chi connectivity index (χ0v) is 22.3. The van der Waals surface area contributed by atoms with Crippen LogP contribution < -0.4 is 24.4 Å². The van der Waals surface area contributed by atoms with Crippen molar-refractivity contribution >= 4 is 35.0 Å². The molecule has 0 saturated heterocycles. The molecule has 1 aromatic heterocycles. The van der Waals surface area contributed by atoms with Gasteiger partial charge >= 0.3 is 5.97 Å². The molecule has 0 bridgehead atoms. The summed E-state index contributed by atoms with van der Waals surface area (Å²) in [5.74, 6) is 0.691. The number of halogens is 1. The lowest BCUT2D eigenvalue weighted by Gasteiger charge is -2.25. The quantitative estimate of drug-likeness (QED) is 0.430. The first-order chi connectivity index (χ1) is 17.2. The molecule has 0 aliphatic carbocycles. The molecule has 0 amide bonds. The second kappa shape index (κ2) is 10.7. The molecule has 0 unspecified atom stereocenters. The summed E-state index contributed by atoms with van der Waals surface area (Å²) >= 11 is 7.60. The maximum atomic E-state index is 13.7. The van der Waals surface area contributed by atoms with Crippen molar-refractivity contribution in [2.24, 2.45) is 4.99 Å². The molecule has 1 aliphatic rings. The average Bonchev–Trinajstić information content (AvgIpc) is 3.13. The predicted molar refractivity (Wildman–Crippen MR) is 141 cm³/mol. The molecule has 2 aromatic carbocycles. The summed E-state index contributed by atoms with van der Waals surface area (Å²) in [6.07, 6.45) is 1.44. The lowest BCUT2D eigenvalue weighted by molar-refractivity contribution is -0.143. The van der Waals surface area contributed by atoms with E-state index in [1.165, 1.54) is 11.3 Å². The van der Waals surface area contributed by atoms with Crippen LogP contribution >= 0.6 is 22.9 Å². The fraction of sp³-hybridized carbons (Fsp3) is 0.296. The molecule has 36 heavy (non-hydrogen) atoms. The van der Waals surface area contributed by atoms with E-state index in [4.69, 9.17) is 25.8 Å². The number of hydrogen-bond acceptors (Lipinski definition) is 7. The van der Waals surface area contributed by atoms with Gasteiger partial charge < -0.3 is 14.2 Å². The number of thiazole rings is 1. The van der Waals surface area contributed by atoms with Gasteiger partial charge in [0.15, 0.2) is 4.80 Å². The highest BCUT2D eigenvalue weighted by Gasteiger charge is 2.34. The standard InChI is InChI=1S/C27H27ClN2O5S/c1-6-34-21-11-10-17(12-20(21)28)13-22-25(31)30-24(18-8-7-9-19(14-18)33-5)23(26(32)35-15(2)3)16(4)29-27(30)36-22/h7-15,24H,6H2,1-5H3/b22-13-/t24-/m1/s1. The Morgan fingerprint density at radius 1 is 1.25 bits per heavy atom. The number of benzene rings is 2. The minimum atomic E-state index is -0.714. The van der Waals surface area contributed by atoms with E-state index in [0.717, 1.165) is 11.1 Å². The minimum Gasteiger partial charge on any atom is -0.497 e. The molecule has 0 N–H and O–H groups in total. The summed E-state index contributed by atoms with van der Waals surface area (Å²) in [6, 6.07) is 12.0. The van der Waals surface area contributed by atoms with Crippen LogP contribution in [0.15, 0.2) is 63.5 Å².